The van der Waals surface area contributed by atoms with Crippen LogP contribution in [0.2, 0.25) is 0 Å². The molecule has 186 valence electrons. The van der Waals surface area contributed by atoms with Crippen molar-refractivity contribution < 1.29 is 24.2 Å². The van der Waals surface area contributed by atoms with E-state index in [1.165, 1.54) is 0 Å². The summed E-state index contributed by atoms with van der Waals surface area (Å²) < 4.78 is 5.87. The maximum absolute atomic E-state index is 12.4. The summed E-state index contributed by atoms with van der Waals surface area (Å²) in [4.78, 5) is 36.6. The van der Waals surface area contributed by atoms with Crippen LogP contribution in [0, 0.1) is 12.3 Å². The van der Waals surface area contributed by atoms with Crippen LogP contribution >= 0.6 is 0 Å². The van der Waals surface area contributed by atoms with Gasteiger partial charge in [0.2, 0.25) is 0 Å². The predicted octanol–water partition coefficient (Wildman–Crippen LogP) is 5.43. The van der Waals surface area contributed by atoms with E-state index in [1.54, 1.807) is 45.0 Å². The highest BCUT2D eigenvalue weighted by Crippen LogP contribution is 2.36. The first-order valence-corrected chi connectivity index (χ1v) is 11.6. The van der Waals surface area contributed by atoms with Crippen LogP contribution < -0.4 is 20.7 Å². The van der Waals surface area contributed by atoms with E-state index in [4.69, 9.17) is 4.74 Å². The lowest BCUT2D eigenvalue weighted by molar-refractivity contribution is -0.150. The normalized spacial score (nSPS) is 13.4. The quantitative estimate of drug-likeness (QED) is 0.370. The Hall–Kier alpha value is -4.33. The van der Waals surface area contributed by atoms with E-state index in [9.17, 15) is 19.5 Å². The third-order valence-electron chi connectivity index (χ3n) is 5.89. The number of fused-ring (bicyclic) bond motifs is 1. The number of carboxylic acid groups (broad SMARTS) is 1. The molecule has 0 saturated carbocycles. The second-order valence-corrected chi connectivity index (χ2v) is 9.91. The molecular formula is C28H29N3O5. The molecule has 0 aromatic heterocycles. The predicted molar refractivity (Wildman–Crippen MR) is 138 cm³/mol. The van der Waals surface area contributed by atoms with Crippen LogP contribution in [0.25, 0.3) is 11.1 Å². The van der Waals surface area contributed by atoms with Crippen molar-refractivity contribution in [3.8, 4) is 16.9 Å². The number of ether oxygens (including phenoxy) is 1. The molecule has 0 radical (unpaired) electrons. The molecule has 1 aliphatic heterocycles. The fourth-order valence-corrected chi connectivity index (χ4v) is 4.11. The number of amides is 3. The van der Waals surface area contributed by atoms with Crippen LogP contribution in [0.15, 0.2) is 60.7 Å². The molecule has 8 heteroatoms. The minimum atomic E-state index is -1.09. The fourth-order valence-electron chi connectivity index (χ4n) is 4.11. The molecule has 3 aromatic rings. The number of hydrogen-bond donors (Lipinski definition) is 4. The van der Waals surface area contributed by atoms with Gasteiger partial charge < -0.3 is 25.8 Å². The van der Waals surface area contributed by atoms with Gasteiger partial charge in [0.05, 0.1) is 0 Å². The molecule has 3 amide bonds. The zero-order valence-corrected chi connectivity index (χ0v) is 20.6. The average molecular weight is 488 g/mol. The van der Waals surface area contributed by atoms with Gasteiger partial charge in [-0.25, -0.2) is 9.59 Å². The van der Waals surface area contributed by atoms with E-state index in [-0.39, 0.29) is 11.9 Å². The van der Waals surface area contributed by atoms with Crippen molar-refractivity contribution in [3.63, 3.8) is 0 Å². The molecule has 8 nitrogen and oxygen atoms in total. The van der Waals surface area contributed by atoms with Gasteiger partial charge in [-0.3, -0.25) is 4.79 Å². The first-order chi connectivity index (χ1) is 17.0. The lowest BCUT2D eigenvalue weighted by Gasteiger charge is -2.28. The Morgan fingerprint density at radius 1 is 0.972 bits per heavy atom. The maximum Gasteiger partial charge on any atom is 0.345 e. The van der Waals surface area contributed by atoms with Crippen LogP contribution in [0.5, 0.6) is 5.75 Å². The topological polar surface area (TPSA) is 117 Å². The van der Waals surface area contributed by atoms with Crippen molar-refractivity contribution in [1.29, 1.82) is 0 Å². The Bertz CT molecular complexity index is 1330. The number of anilines is 2. The van der Waals surface area contributed by atoms with Gasteiger partial charge in [-0.15, -0.1) is 0 Å². The van der Waals surface area contributed by atoms with Crippen molar-refractivity contribution in [2.24, 2.45) is 5.41 Å². The number of carbonyl (C=O) groups excluding carboxylic acids is 2. The zero-order chi connectivity index (χ0) is 26.0. The van der Waals surface area contributed by atoms with Gasteiger partial charge in [0.25, 0.3) is 5.91 Å². The molecule has 1 heterocycles. The van der Waals surface area contributed by atoms with E-state index in [0.717, 1.165) is 22.3 Å². The SMILES string of the molecule is Cc1cccc(NC(=O)Nc2ccc(-c3cc(OC(C(=O)O)C(C)(C)C)cc4c3CNC4=O)cc2)c1. The Morgan fingerprint density at radius 3 is 2.28 bits per heavy atom. The number of rotatable bonds is 6. The first kappa shape index (κ1) is 24.8. The summed E-state index contributed by atoms with van der Waals surface area (Å²) in [5.41, 5.74) is 4.52. The van der Waals surface area contributed by atoms with Gasteiger partial charge in [0, 0.05) is 28.9 Å². The Kier molecular flexibility index (Phi) is 6.70. The first-order valence-electron chi connectivity index (χ1n) is 11.6. The monoisotopic (exact) mass is 487 g/mol. The largest absolute Gasteiger partial charge is 0.478 e. The van der Waals surface area contributed by atoms with Gasteiger partial charge >= 0.3 is 12.0 Å². The molecule has 1 unspecified atom stereocenters. The van der Waals surface area contributed by atoms with Crippen LogP contribution in [0.4, 0.5) is 16.2 Å². The van der Waals surface area contributed by atoms with Gasteiger partial charge in [-0.2, -0.15) is 0 Å². The van der Waals surface area contributed by atoms with Crippen LogP contribution in [0.3, 0.4) is 0 Å². The maximum atomic E-state index is 12.4. The molecule has 1 atom stereocenters. The second-order valence-electron chi connectivity index (χ2n) is 9.91. The van der Waals surface area contributed by atoms with E-state index < -0.39 is 17.5 Å². The van der Waals surface area contributed by atoms with Crippen LogP contribution in [0.1, 0.15) is 42.3 Å². The third-order valence-corrected chi connectivity index (χ3v) is 5.89. The van der Waals surface area contributed by atoms with E-state index in [2.05, 4.69) is 16.0 Å². The van der Waals surface area contributed by atoms with Crippen LogP contribution in [-0.4, -0.2) is 29.1 Å². The van der Waals surface area contributed by atoms with E-state index in [1.807, 2.05) is 43.3 Å². The highest BCUT2D eigenvalue weighted by molar-refractivity contribution is 6.02. The molecule has 4 N–H and O–H groups in total. The minimum Gasteiger partial charge on any atom is -0.478 e. The molecule has 4 rings (SSSR count). The van der Waals surface area contributed by atoms with Gasteiger partial charge in [-0.1, -0.05) is 45.0 Å². The molecule has 0 bridgehead atoms. The van der Waals surface area contributed by atoms with E-state index >= 15 is 0 Å². The summed E-state index contributed by atoms with van der Waals surface area (Å²) in [6.07, 6.45) is -1.09. The number of hydrogen-bond acceptors (Lipinski definition) is 4. The molecule has 0 spiro atoms. The highest BCUT2D eigenvalue weighted by atomic mass is 16.5. The molecule has 0 saturated heterocycles. The number of nitrogens with one attached hydrogen (secondary N) is 3. The van der Waals surface area contributed by atoms with Crippen molar-refractivity contribution in [2.45, 2.75) is 40.3 Å². The van der Waals surface area contributed by atoms with Gasteiger partial charge in [0.15, 0.2) is 6.10 Å². The smallest absolute Gasteiger partial charge is 0.345 e. The van der Waals surface area contributed by atoms with E-state index in [0.29, 0.717) is 29.2 Å². The number of carbonyl (C=O) groups is 3. The average Bonchev–Trinajstić information content (AvgIpc) is 3.17. The van der Waals surface area contributed by atoms with Crippen molar-refractivity contribution in [1.82, 2.24) is 5.32 Å². The summed E-state index contributed by atoms with van der Waals surface area (Å²) >= 11 is 0. The Morgan fingerprint density at radius 2 is 1.64 bits per heavy atom. The lowest BCUT2D eigenvalue weighted by Crippen LogP contribution is -2.39. The number of aryl methyl sites for hydroxylation is 1. The van der Waals surface area contributed by atoms with Gasteiger partial charge in [0.1, 0.15) is 5.75 Å². The summed E-state index contributed by atoms with van der Waals surface area (Å²) in [7, 11) is 0. The second kappa shape index (κ2) is 9.73. The van der Waals surface area contributed by atoms with Crippen LogP contribution in [-0.2, 0) is 11.3 Å². The van der Waals surface area contributed by atoms with Crippen molar-refractivity contribution >= 4 is 29.3 Å². The summed E-state index contributed by atoms with van der Waals surface area (Å²) in [5.74, 6) is -0.998. The van der Waals surface area contributed by atoms with Gasteiger partial charge in [-0.05, 0) is 65.6 Å². The molecule has 36 heavy (non-hydrogen) atoms. The third kappa shape index (κ3) is 5.49. The molecular weight excluding hydrogens is 458 g/mol. The minimum absolute atomic E-state index is 0.231. The number of carboxylic acids is 1. The fraction of sp³-hybridized carbons (Fsp3) is 0.250. The highest BCUT2D eigenvalue weighted by Gasteiger charge is 2.34. The molecule has 0 aliphatic carbocycles. The van der Waals surface area contributed by atoms with Crippen molar-refractivity contribution in [3.05, 3.63) is 77.4 Å². The Labute approximate surface area is 209 Å². The summed E-state index contributed by atoms with van der Waals surface area (Å²) in [6.45, 7) is 7.67. The molecule has 3 aromatic carbocycles. The summed E-state index contributed by atoms with van der Waals surface area (Å²) in [6, 6.07) is 17.7. The Balaban J connectivity index is 1.58. The number of benzene rings is 3. The number of urea groups is 1. The molecule has 0 fully saturated rings. The standard InChI is InChI=1S/C28H29N3O5/c1-16-6-5-7-19(12-16)31-27(35)30-18-10-8-17(9-11-18)21-13-20(14-22-23(21)15-29-25(22)32)36-24(26(33)34)28(2,3)4/h5-14,24H,15H2,1-4H3,(H,29,32)(H,33,34)(H2,30,31,35). The number of aliphatic carboxylic acids is 1. The van der Waals surface area contributed by atoms with Crippen molar-refractivity contribution in [2.75, 3.05) is 10.6 Å². The summed E-state index contributed by atoms with van der Waals surface area (Å²) in [5, 5.41) is 18.1. The lowest BCUT2D eigenvalue weighted by atomic mass is 9.89. The zero-order valence-electron chi connectivity index (χ0n) is 20.6. The molecule has 1 aliphatic rings.